The quantitative estimate of drug-likeness (QED) is 0.536. The molecule has 0 aliphatic heterocycles. The first-order valence-electron chi connectivity index (χ1n) is 12.4. The maximum Gasteiger partial charge on any atom is 0.155 e. The summed E-state index contributed by atoms with van der Waals surface area (Å²) in [6.45, 7) is 14.2. The van der Waals surface area contributed by atoms with Crippen LogP contribution in [0, 0.1) is 46.3 Å². The molecule has 166 valence electrons. The molecule has 1 N–H and O–H groups in total. The Kier molecular flexibility index (Phi) is 5.71. The smallest absolute Gasteiger partial charge is 0.155 e. The van der Waals surface area contributed by atoms with Crippen LogP contribution in [0.2, 0.25) is 0 Å². The third-order valence-corrected chi connectivity index (χ3v) is 9.90. The van der Waals surface area contributed by atoms with Crippen molar-refractivity contribution in [1.82, 2.24) is 0 Å². The molecule has 0 spiro atoms. The van der Waals surface area contributed by atoms with Crippen LogP contribution in [-0.4, -0.2) is 17.0 Å². The molecule has 0 radical (unpaired) electrons. The Bertz CT molecular complexity index is 786. The van der Waals surface area contributed by atoms with E-state index in [1.807, 2.05) is 0 Å². The van der Waals surface area contributed by atoms with Crippen molar-refractivity contribution in [3.05, 3.63) is 35.5 Å². The van der Waals surface area contributed by atoms with Gasteiger partial charge < -0.3 is 5.11 Å². The molecule has 2 heteroatoms. The summed E-state index contributed by atoms with van der Waals surface area (Å²) in [6, 6.07) is 0. The van der Waals surface area contributed by atoms with E-state index in [1.54, 1.807) is 6.08 Å². The Hall–Kier alpha value is -1.15. The fourth-order valence-corrected chi connectivity index (χ4v) is 7.53. The Labute approximate surface area is 183 Å². The Morgan fingerprint density at radius 1 is 1.03 bits per heavy atom. The monoisotopic (exact) mass is 410 g/mol. The fourth-order valence-electron chi connectivity index (χ4n) is 7.53. The maximum atomic E-state index is 12.1. The molecule has 4 rings (SSSR count). The first kappa shape index (κ1) is 22.1. The van der Waals surface area contributed by atoms with Crippen molar-refractivity contribution in [2.45, 2.75) is 86.2 Å². The molecule has 8 atom stereocenters. The molecule has 4 aliphatic carbocycles. The van der Waals surface area contributed by atoms with Crippen LogP contribution < -0.4 is 0 Å². The van der Waals surface area contributed by atoms with Gasteiger partial charge in [-0.25, -0.2) is 0 Å². The van der Waals surface area contributed by atoms with E-state index in [-0.39, 0.29) is 11.2 Å². The molecule has 0 heterocycles. The molecule has 2 nitrogen and oxygen atoms in total. The van der Waals surface area contributed by atoms with Crippen molar-refractivity contribution in [2.24, 2.45) is 46.3 Å². The van der Waals surface area contributed by atoms with Gasteiger partial charge in [0.05, 0.1) is 6.10 Å². The van der Waals surface area contributed by atoms with Gasteiger partial charge in [0.2, 0.25) is 0 Å². The molecule has 2 saturated carbocycles. The highest BCUT2D eigenvalue weighted by atomic mass is 16.3. The van der Waals surface area contributed by atoms with Crippen molar-refractivity contribution in [1.29, 1.82) is 0 Å². The van der Waals surface area contributed by atoms with Crippen molar-refractivity contribution in [3.8, 4) is 0 Å². The lowest BCUT2D eigenvalue weighted by Crippen LogP contribution is -2.48. The predicted octanol–water partition coefficient (Wildman–Crippen LogP) is 6.51. The van der Waals surface area contributed by atoms with E-state index >= 15 is 0 Å². The molecule has 30 heavy (non-hydrogen) atoms. The highest BCUT2D eigenvalue weighted by Crippen LogP contribution is 2.66. The van der Waals surface area contributed by atoms with Gasteiger partial charge in [-0.2, -0.15) is 0 Å². The fraction of sp³-hybridized carbons (Fsp3) is 0.750. The average Bonchev–Trinajstić information content (AvgIpc) is 3.04. The molecule has 0 aromatic heterocycles. The van der Waals surface area contributed by atoms with Gasteiger partial charge in [-0.1, -0.05) is 65.3 Å². The van der Waals surface area contributed by atoms with Crippen molar-refractivity contribution in [3.63, 3.8) is 0 Å². The number of ketones is 1. The van der Waals surface area contributed by atoms with Crippen molar-refractivity contribution < 1.29 is 9.90 Å². The van der Waals surface area contributed by atoms with Crippen LogP contribution in [0.15, 0.2) is 35.5 Å². The van der Waals surface area contributed by atoms with Gasteiger partial charge in [0.15, 0.2) is 5.78 Å². The van der Waals surface area contributed by atoms with Gasteiger partial charge >= 0.3 is 0 Å². The number of fused-ring (bicyclic) bond motifs is 5. The minimum Gasteiger partial charge on any atom is -0.385 e. The standard InChI is InChI=1S/C28H42O2/c1-17(2)18(3)7-8-19(4)22-9-10-23-21-16-26(30)25-15-20(29)11-13-28(25,6)24(21)12-14-27(22,23)5/h7-8,15-19,22-24,26,30H,9-14H2,1-6H3/t18-,19+,22+,23-,24-,26-,27+,28+/m0/s1. The number of rotatable bonds is 4. The minimum atomic E-state index is -0.573. The Balaban J connectivity index is 1.61. The van der Waals surface area contributed by atoms with Crippen LogP contribution in [0.3, 0.4) is 0 Å². The summed E-state index contributed by atoms with van der Waals surface area (Å²) in [5.74, 6) is 3.92. The van der Waals surface area contributed by atoms with E-state index < -0.39 is 6.10 Å². The minimum absolute atomic E-state index is 0.0327. The van der Waals surface area contributed by atoms with Crippen molar-refractivity contribution >= 4 is 5.78 Å². The topological polar surface area (TPSA) is 37.3 Å². The zero-order valence-electron chi connectivity index (χ0n) is 19.9. The predicted molar refractivity (Wildman–Crippen MR) is 124 cm³/mol. The maximum absolute atomic E-state index is 12.1. The average molecular weight is 411 g/mol. The van der Waals surface area contributed by atoms with Crippen LogP contribution in [0.5, 0.6) is 0 Å². The van der Waals surface area contributed by atoms with Crippen LogP contribution in [0.25, 0.3) is 0 Å². The second kappa shape index (κ2) is 7.76. The summed E-state index contributed by atoms with van der Waals surface area (Å²) in [4.78, 5) is 12.1. The first-order chi connectivity index (χ1) is 14.1. The molecule has 0 amide bonds. The second-order valence-corrected chi connectivity index (χ2v) is 11.8. The zero-order chi connectivity index (χ0) is 21.8. The number of aliphatic hydroxyl groups excluding tert-OH is 1. The number of allylic oxidation sites excluding steroid dienone is 4. The van der Waals surface area contributed by atoms with Gasteiger partial charge in [0.1, 0.15) is 0 Å². The molecule has 2 fully saturated rings. The number of hydrogen-bond donors (Lipinski definition) is 1. The van der Waals surface area contributed by atoms with E-state index in [2.05, 4.69) is 59.8 Å². The number of carbonyl (C=O) groups is 1. The molecule has 0 aromatic carbocycles. The van der Waals surface area contributed by atoms with Crippen LogP contribution >= 0.6 is 0 Å². The van der Waals surface area contributed by atoms with E-state index in [0.29, 0.717) is 41.4 Å². The SMILES string of the molecule is CC(C)[C@@H](C)C=C[C@@H](C)[C@H]1CC[C@H]2C3=C[C@H](O)C4=CC(=O)CC[C@]4(C)[C@H]3CC[C@]12C. The summed E-state index contributed by atoms with van der Waals surface area (Å²) < 4.78 is 0. The Morgan fingerprint density at radius 2 is 1.77 bits per heavy atom. The van der Waals surface area contributed by atoms with Crippen LogP contribution in [-0.2, 0) is 4.79 Å². The van der Waals surface area contributed by atoms with Crippen molar-refractivity contribution in [2.75, 3.05) is 0 Å². The van der Waals surface area contributed by atoms with Gasteiger partial charge in [-0.15, -0.1) is 0 Å². The summed E-state index contributed by atoms with van der Waals surface area (Å²) in [6.07, 6.45) is 14.8. The highest BCUT2D eigenvalue weighted by Gasteiger charge is 2.57. The normalized spacial score (nSPS) is 43.0. The lowest BCUT2D eigenvalue weighted by Gasteiger charge is -2.55. The highest BCUT2D eigenvalue weighted by molar-refractivity contribution is 5.92. The Morgan fingerprint density at radius 3 is 2.47 bits per heavy atom. The third-order valence-electron chi connectivity index (χ3n) is 9.90. The largest absolute Gasteiger partial charge is 0.385 e. The zero-order valence-corrected chi connectivity index (χ0v) is 19.9. The molecular weight excluding hydrogens is 368 g/mol. The molecule has 0 unspecified atom stereocenters. The molecular formula is C28H42O2. The number of carbonyl (C=O) groups excluding carboxylic acids is 1. The first-order valence-corrected chi connectivity index (χ1v) is 12.4. The van der Waals surface area contributed by atoms with E-state index in [0.717, 1.165) is 17.9 Å². The molecule has 0 aromatic rings. The second-order valence-electron chi connectivity index (χ2n) is 11.8. The summed E-state index contributed by atoms with van der Waals surface area (Å²) >= 11 is 0. The van der Waals surface area contributed by atoms with Gasteiger partial charge in [-0.3, -0.25) is 4.79 Å². The number of aliphatic hydroxyl groups is 1. The summed E-state index contributed by atoms with van der Waals surface area (Å²) in [7, 11) is 0. The number of hydrogen-bond acceptors (Lipinski definition) is 2. The van der Waals surface area contributed by atoms with Gasteiger partial charge in [-0.05, 0) is 90.1 Å². The molecule has 0 saturated heterocycles. The third kappa shape index (κ3) is 3.38. The van der Waals surface area contributed by atoms with Gasteiger partial charge in [0.25, 0.3) is 0 Å². The lowest BCUT2D eigenvalue weighted by molar-refractivity contribution is -0.116. The summed E-state index contributed by atoms with van der Waals surface area (Å²) in [5, 5.41) is 11.0. The molecule has 0 bridgehead atoms. The van der Waals surface area contributed by atoms with E-state index in [4.69, 9.17) is 0 Å². The van der Waals surface area contributed by atoms with Gasteiger partial charge in [0, 0.05) is 6.42 Å². The summed E-state index contributed by atoms with van der Waals surface area (Å²) in [5.41, 5.74) is 2.81. The molecule has 4 aliphatic rings. The lowest BCUT2D eigenvalue weighted by atomic mass is 9.49. The van der Waals surface area contributed by atoms with Crippen LogP contribution in [0.4, 0.5) is 0 Å². The van der Waals surface area contributed by atoms with E-state index in [1.165, 1.54) is 31.3 Å². The van der Waals surface area contributed by atoms with Crippen LogP contribution in [0.1, 0.15) is 80.1 Å². The van der Waals surface area contributed by atoms with E-state index in [9.17, 15) is 9.90 Å².